The molecule has 10 rings (SSSR count). The smallest absolute Gasteiger partial charge is 0.141 e. The maximum absolute atomic E-state index is 5.73. The Labute approximate surface area is 291 Å². The van der Waals surface area contributed by atoms with Crippen LogP contribution in [-0.4, -0.2) is 5.16 Å². The highest BCUT2D eigenvalue weighted by atomic mass is 16.5. The number of fused-ring (bicyclic) bond motifs is 7. The Morgan fingerprint density at radius 3 is 1.56 bits per heavy atom. The van der Waals surface area contributed by atoms with Crippen LogP contribution in [0.1, 0.15) is 33.7 Å². The fourth-order valence-corrected chi connectivity index (χ4v) is 8.97. The highest BCUT2D eigenvalue weighted by Crippen LogP contribution is 2.59. The molecule has 1 aromatic heterocycles. The summed E-state index contributed by atoms with van der Waals surface area (Å²) >= 11 is 0. The van der Waals surface area contributed by atoms with Crippen molar-refractivity contribution in [1.82, 2.24) is 5.16 Å². The van der Waals surface area contributed by atoms with Gasteiger partial charge in [-0.1, -0.05) is 163 Å². The Hall–Kier alpha value is -6.25. The van der Waals surface area contributed by atoms with Crippen molar-refractivity contribution in [3.05, 3.63) is 197 Å². The van der Waals surface area contributed by atoms with Gasteiger partial charge in [0.05, 0.1) is 11.1 Å². The van der Waals surface area contributed by atoms with Gasteiger partial charge in [0.15, 0.2) is 0 Å². The number of rotatable bonds is 4. The van der Waals surface area contributed by atoms with Crippen LogP contribution in [-0.2, 0) is 5.41 Å². The fraction of sp³-hybridized carbons (Fsp3) is 0.0625. The zero-order chi connectivity index (χ0) is 33.4. The van der Waals surface area contributed by atoms with Crippen LogP contribution in [0.2, 0.25) is 0 Å². The van der Waals surface area contributed by atoms with Crippen LogP contribution >= 0.6 is 0 Å². The Kier molecular flexibility index (Phi) is 6.25. The van der Waals surface area contributed by atoms with Crippen molar-refractivity contribution in [3.63, 3.8) is 0 Å². The predicted molar refractivity (Wildman–Crippen MR) is 207 cm³/mol. The molecule has 2 nitrogen and oxygen atoms in total. The van der Waals surface area contributed by atoms with Crippen LogP contribution in [0.15, 0.2) is 168 Å². The number of hydrogen-bond acceptors (Lipinski definition) is 2. The second-order valence-corrected chi connectivity index (χ2v) is 13.5. The molecule has 1 heterocycles. The third-order valence-corrected chi connectivity index (χ3v) is 10.9. The van der Waals surface area contributed by atoms with Crippen molar-refractivity contribution in [2.45, 2.75) is 19.3 Å². The Bertz CT molecular complexity index is 2660. The molecule has 0 radical (unpaired) electrons. The lowest BCUT2D eigenvalue weighted by molar-refractivity contribution is 0.393. The van der Waals surface area contributed by atoms with Crippen LogP contribution in [0.5, 0.6) is 0 Å². The van der Waals surface area contributed by atoms with Crippen molar-refractivity contribution in [1.29, 1.82) is 0 Å². The normalized spacial score (nSPS) is 13.2. The van der Waals surface area contributed by atoms with Crippen molar-refractivity contribution in [2.24, 2.45) is 0 Å². The molecule has 0 saturated heterocycles. The summed E-state index contributed by atoms with van der Waals surface area (Å²) in [6.07, 6.45) is 0. The van der Waals surface area contributed by atoms with Gasteiger partial charge < -0.3 is 4.52 Å². The Morgan fingerprint density at radius 1 is 0.460 bits per heavy atom. The van der Waals surface area contributed by atoms with Gasteiger partial charge >= 0.3 is 0 Å². The van der Waals surface area contributed by atoms with Crippen LogP contribution in [0, 0.1) is 13.8 Å². The van der Waals surface area contributed by atoms with Crippen LogP contribution in [0.4, 0.5) is 0 Å². The van der Waals surface area contributed by atoms with E-state index in [1.165, 1.54) is 82.4 Å². The number of benzene rings is 8. The van der Waals surface area contributed by atoms with Crippen LogP contribution in [0.25, 0.3) is 65.7 Å². The monoisotopic (exact) mass is 639 g/mol. The number of nitrogens with zero attached hydrogens (tertiary/aromatic N) is 1. The molecule has 50 heavy (non-hydrogen) atoms. The highest BCUT2D eigenvalue weighted by molar-refractivity contribution is 6.22. The van der Waals surface area contributed by atoms with Gasteiger partial charge in [0.25, 0.3) is 0 Å². The maximum Gasteiger partial charge on any atom is 0.141 e. The number of hydrogen-bond donors (Lipinski definition) is 0. The van der Waals surface area contributed by atoms with E-state index in [1.807, 2.05) is 13.8 Å². The van der Waals surface area contributed by atoms with E-state index in [1.54, 1.807) is 0 Å². The first-order chi connectivity index (χ1) is 24.7. The quantitative estimate of drug-likeness (QED) is 0.179. The summed E-state index contributed by atoms with van der Waals surface area (Å²) in [6, 6.07) is 60.5. The Balaban J connectivity index is 1.35. The first-order valence-corrected chi connectivity index (χ1v) is 17.3. The standard InChI is InChI=1S/C48H33NO/c1-30-44(31(2)50-49-30)46-40-23-13-11-21-38(40)45(39-22-12-14-24-41(39)46)33-26-27-37-42-28-25-32-15-9-10-20-36(32)47(42)48(43(37)29-33,34-16-5-3-6-17-34)35-18-7-4-8-19-35/h3-29H,1-2H3. The van der Waals surface area contributed by atoms with E-state index >= 15 is 0 Å². The summed E-state index contributed by atoms with van der Waals surface area (Å²) < 4.78 is 5.73. The first-order valence-electron chi connectivity index (χ1n) is 17.3. The van der Waals surface area contributed by atoms with Crippen molar-refractivity contribution in [3.8, 4) is 33.4 Å². The molecule has 8 aromatic carbocycles. The van der Waals surface area contributed by atoms with Gasteiger partial charge in [-0.15, -0.1) is 0 Å². The molecule has 0 atom stereocenters. The molecule has 2 heteroatoms. The zero-order valence-electron chi connectivity index (χ0n) is 27.9. The molecule has 1 aliphatic carbocycles. The van der Waals surface area contributed by atoms with Gasteiger partial charge in [-0.05, 0) is 96.7 Å². The van der Waals surface area contributed by atoms with Gasteiger partial charge in [-0.2, -0.15) is 0 Å². The summed E-state index contributed by atoms with van der Waals surface area (Å²) in [5.41, 5.74) is 12.9. The average Bonchev–Trinajstić information content (AvgIpc) is 3.67. The highest BCUT2D eigenvalue weighted by Gasteiger charge is 2.47. The van der Waals surface area contributed by atoms with Crippen LogP contribution in [0.3, 0.4) is 0 Å². The molecule has 0 unspecified atom stereocenters. The summed E-state index contributed by atoms with van der Waals surface area (Å²) in [7, 11) is 0. The largest absolute Gasteiger partial charge is 0.361 e. The minimum atomic E-state index is -0.522. The number of aryl methyl sites for hydroxylation is 2. The topological polar surface area (TPSA) is 26.0 Å². The lowest BCUT2D eigenvalue weighted by Gasteiger charge is -2.35. The molecule has 0 amide bonds. The summed E-state index contributed by atoms with van der Waals surface area (Å²) in [5.74, 6) is 0.837. The van der Waals surface area contributed by atoms with Gasteiger partial charge in [-0.25, -0.2) is 0 Å². The summed E-state index contributed by atoms with van der Waals surface area (Å²) in [4.78, 5) is 0. The van der Waals surface area contributed by atoms with Crippen molar-refractivity contribution < 1.29 is 4.52 Å². The zero-order valence-corrected chi connectivity index (χ0v) is 27.9. The predicted octanol–water partition coefficient (Wildman–Crippen LogP) is 12.4. The molecule has 0 spiro atoms. The molecule has 236 valence electrons. The van der Waals surface area contributed by atoms with E-state index in [0.717, 1.165) is 17.0 Å². The molecule has 9 aromatic rings. The molecule has 0 saturated carbocycles. The minimum Gasteiger partial charge on any atom is -0.361 e. The fourth-order valence-electron chi connectivity index (χ4n) is 8.97. The number of aromatic nitrogens is 1. The molecule has 1 aliphatic rings. The van der Waals surface area contributed by atoms with Gasteiger partial charge in [0.1, 0.15) is 5.76 Å². The molecule has 0 fully saturated rings. The van der Waals surface area contributed by atoms with Crippen molar-refractivity contribution in [2.75, 3.05) is 0 Å². The summed E-state index contributed by atoms with van der Waals surface area (Å²) in [6.45, 7) is 4.05. The Morgan fingerprint density at radius 2 is 0.980 bits per heavy atom. The van der Waals surface area contributed by atoms with Gasteiger partial charge in [0, 0.05) is 11.1 Å². The molecule has 0 bridgehead atoms. The van der Waals surface area contributed by atoms with Crippen molar-refractivity contribution >= 4 is 32.3 Å². The van der Waals surface area contributed by atoms with E-state index in [4.69, 9.17) is 4.52 Å². The first kappa shape index (κ1) is 28.7. The minimum absolute atomic E-state index is 0.522. The lowest BCUT2D eigenvalue weighted by Crippen LogP contribution is -2.28. The second-order valence-electron chi connectivity index (χ2n) is 13.5. The molecule has 0 N–H and O–H groups in total. The van der Waals surface area contributed by atoms with Gasteiger partial charge in [-0.3, -0.25) is 0 Å². The average molecular weight is 640 g/mol. The third kappa shape index (κ3) is 3.88. The van der Waals surface area contributed by atoms with E-state index in [0.29, 0.717) is 0 Å². The van der Waals surface area contributed by atoms with Gasteiger partial charge in [0.2, 0.25) is 0 Å². The SMILES string of the molecule is Cc1noc(C)c1-c1c2ccccc2c(-c2ccc3c(c2)C(c2ccccc2)(c2ccccc2)c2c-3ccc3ccccc23)c2ccccc12. The third-order valence-electron chi connectivity index (χ3n) is 10.9. The summed E-state index contributed by atoms with van der Waals surface area (Å²) in [5, 5.41) is 11.7. The van der Waals surface area contributed by atoms with E-state index in [9.17, 15) is 0 Å². The van der Waals surface area contributed by atoms with E-state index in [-0.39, 0.29) is 0 Å². The van der Waals surface area contributed by atoms with E-state index in [2.05, 4.69) is 169 Å². The molecular weight excluding hydrogens is 607 g/mol. The molecular formula is C48H33NO. The lowest BCUT2D eigenvalue weighted by atomic mass is 9.66. The second kappa shape index (κ2) is 10.9. The van der Waals surface area contributed by atoms with E-state index < -0.39 is 5.41 Å². The van der Waals surface area contributed by atoms with Crippen LogP contribution < -0.4 is 0 Å². The maximum atomic E-state index is 5.73. The molecule has 0 aliphatic heterocycles.